The second kappa shape index (κ2) is 42.7. The van der Waals surface area contributed by atoms with Crippen molar-refractivity contribution in [3.05, 3.63) is 291 Å². The van der Waals surface area contributed by atoms with Gasteiger partial charge in [0, 0.05) is 46.5 Å². The van der Waals surface area contributed by atoms with Crippen molar-refractivity contribution >= 4 is 97.0 Å². The van der Waals surface area contributed by atoms with E-state index < -0.39 is 0 Å². The molecule has 0 aliphatic carbocycles. The van der Waals surface area contributed by atoms with Crippen LogP contribution < -0.4 is 18.9 Å². The number of phenols is 8. The van der Waals surface area contributed by atoms with E-state index in [2.05, 4.69) is 189 Å². The van der Waals surface area contributed by atoms with E-state index in [0.29, 0.717) is 72.0 Å². The van der Waals surface area contributed by atoms with Crippen LogP contribution in [0.4, 0.5) is 0 Å². The summed E-state index contributed by atoms with van der Waals surface area (Å²) in [6, 6.07) is 92.8. The monoisotopic (exact) mass is 1840 g/mol. The van der Waals surface area contributed by atoms with E-state index >= 15 is 0 Å². The van der Waals surface area contributed by atoms with E-state index in [1.54, 1.807) is 24.3 Å². The number of hydrogen-bond acceptors (Lipinski definition) is 24. The lowest BCUT2D eigenvalue weighted by atomic mass is 9.92. The van der Waals surface area contributed by atoms with Crippen LogP contribution >= 0.6 is 0 Å². The number of nitrogens with zero attached hydrogens (tertiary/aromatic N) is 12. The third-order valence-corrected chi connectivity index (χ3v) is 24.2. The number of phenolic OH excluding ortho intramolecular Hbond substituents is 8. The molecule has 24 heteroatoms. The highest BCUT2D eigenvalue weighted by Gasteiger charge is 2.25. The van der Waals surface area contributed by atoms with Crippen LogP contribution in [-0.4, -0.2) is 127 Å². The van der Waals surface area contributed by atoms with Crippen LogP contribution in [-0.2, 0) is 0 Å². The van der Waals surface area contributed by atoms with Gasteiger partial charge in [0.2, 0.25) is 0 Å². The van der Waals surface area contributed by atoms with Gasteiger partial charge in [-0.1, -0.05) is 267 Å². The molecule has 0 fully saturated rings. The molecule has 21 rings (SSSR count). The number of fused-ring (bicyclic) bond motifs is 7. The summed E-state index contributed by atoms with van der Waals surface area (Å²) in [4.78, 5) is 55.4. The second-order valence-electron chi connectivity index (χ2n) is 34.1. The minimum absolute atomic E-state index is 0.0327. The SMILES string of the molecule is CCCCCCOc1nc(-c2ccc(O)cc2O)nc(-c2c3ccccc3cc3ccccc23)n1.CCCCCCOc1nc(-c2ccc(O)cc2O)nc(-c2cc3ccccc3c3ccccc23)n1.CCCCCCOc1nc(-c2ccc(O)cc2O)nc(-c2ccc3ccc4cccc5ccc2c3c45)n1.CCCOc1nc(-c2ccc3cc4ccccc4cc3c2)nc(-c2ccc(O)cc2O)n1. The number of ether oxygens (including phenoxy) is 4. The lowest BCUT2D eigenvalue weighted by Crippen LogP contribution is -2.05. The third-order valence-electron chi connectivity index (χ3n) is 24.2. The maximum Gasteiger partial charge on any atom is 0.320 e. The summed E-state index contributed by atoms with van der Waals surface area (Å²) in [5.74, 6) is 2.40. The lowest BCUT2D eigenvalue weighted by molar-refractivity contribution is 0.281. The molecule has 0 aliphatic rings. The van der Waals surface area contributed by atoms with Gasteiger partial charge in [-0.2, -0.15) is 39.9 Å². The summed E-state index contributed by atoms with van der Waals surface area (Å²) >= 11 is 0. The van der Waals surface area contributed by atoms with Crippen molar-refractivity contribution in [3.63, 3.8) is 0 Å². The molecule has 24 nitrogen and oxygen atoms in total. The molecule has 139 heavy (non-hydrogen) atoms. The Balaban J connectivity index is 0.000000123. The highest BCUT2D eigenvalue weighted by molar-refractivity contribution is 6.25. The summed E-state index contributed by atoms with van der Waals surface area (Å²) < 4.78 is 23.6. The highest BCUT2D eigenvalue weighted by atomic mass is 16.5. The average molecular weight is 1840 g/mol. The zero-order valence-corrected chi connectivity index (χ0v) is 77.3. The molecule has 0 saturated carbocycles. The zero-order chi connectivity index (χ0) is 95.8. The quantitative estimate of drug-likeness (QED) is 0.0123. The Bertz CT molecular complexity index is 7960. The van der Waals surface area contributed by atoms with Crippen LogP contribution in [0, 0.1) is 0 Å². The van der Waals surface area contributed by atoms with Crippen molar-refractivity contribution in [2.24, 2.45) is 0 Å². The molecular formula is C115H102N12O12. The zero-order valence-electron chi connectivity index (χ0n) is 77.3. The fraction of sp³-hybridized carbons (Fsp3) is 0.183. The van der Waals surface area contributed by atoms with Gasteiger partial charge in [-0.15, -0.1) is 0 Å². The normalized spacial score (nSPS) is 11.3. The van der Waals surface area contributed by atoms with E-state index in [9.17, 15) is 40.9 Å². The Labute approximate surface area is 801 Å². The molecule has 0 unspecified atom stereocenters. The van der Waals surface area contributed by atoms with Gasteiger partial charge in [0.1, 0.15) is 46.0 Å². The average Bonchev–Trinajstić information content (AvgIpc) is 0.733. The molecule has 694 valence electrons. The molecule has 4 aromatic heterocycles. The molecule has 0 saturated heterocycles. The van der Waals surface area contributed by atoms with Crippen LogP contribution in [0.2, 0.25) is 0 Å². The van der Waals surface area contributed by atoms with Crippen molar-refractivity contribution in [3.8, 4) is 161 Å². The summed E-state index contributed by atoms with van der Waals surface area (Å²) in [7, 11) is 0. The van der Waals surface area contributed by atoms with Crippen LogP contribution in [0.5, 0.6) is 70.0 Å². The first-order valence-corrected chi connectivity index (χ1v) is 47.1. The van der Waals surface area contributed by atoms with E-state index in [1.807, 2.05) is 91.9 Å². The number of aromatic nitrogens is 12. The summed E-state index contributed by atoms with van der Waals surface area (Å²) in [5, 5.41) is 101. The van der Waals surface area contributed by atoms with Crippen LogP contribution in [0.25, 0.3) is 188 Å². The minimum atomic E-state index is -0.117. The molecule has 8 N–H and O–H groups in total. The maximum atomic E-state index is 10.5. The molecular weight excluding hydrogens is 1740 g/mol. The Morgan fingerprint density at radius 2 is 0.518 bits per heavy atom. The van der Waals surface area contributed by atoms with Gasteiger partial charge in [-0.25, -0.2) is 19.9 Å². The first kappa shape index (κ1) is 92.4. The number of rotatable bonds is 29. The number of unbranched alkanes of at least 4 members (excludes halogenated alkanes) is 9. The highest BCUT2D eigenvalue weighted by Crippen LogP contribution is 2.44. The topological polar surface area (TPSA) is 353 Å². The predicted octanol–water partition coefficient (Wildman–Crippen LogP) is 26.9. The molecule has 4 heterocycles. The van der Waals surface area contributed by atoms with Gasteiger partial charge in [0.05, 0.1) is 48.7 Å². The van der Waals surface area contributed by atoms with E-state index in [4.69, 9.17) is 43.9 Å². The van der Waals surface area contributed by atoms with Crippen molar-refractivity contribution < 1.29 is 59.8 Å². The largest absolute Gasteiger partial charge is 0.508 e. The number of hydrogen-bond donors (Lipinski definition) is 8. The second-order valence-corrected chi connectivity index (χ2v) is 34.1. The third kappa shape index (κ3) is 21.1. The van der Waals surface area contributed by atoms with E-state index in [1.165, 1.54) is 75.5 Å². The molecule has 0 amide bonds. The summed E-state index contributed by atoms with van der Waals surface area (Å²) in [6.07, 6.45) is 13.7. The summed E-state index contributed by atoms with van der Waals surface area (Å²) in [6.45, 7) is 10.5. The Morgan fingerprint density at radius 3 is 0.978 bits per heavy atom. The van der Waals surface area contributed by atoms with Crippen molar-refractivity contribution in [2.75, 3.05) is 26.4 Å². The van der Waals surface area contributed by atoms with Gasteiger partial charge in [-0.3, -0.25) is 0 Å². The fourth-order valence-electron chi connectivity index (χ4n) is 17.3. The maximum absolute atomic E-state index is 10.5. The Morgan fingerprint density at radius 1 is 0.194 bits per heavy atom. The van der Waals surface area contributed by atoms with E-state index in [0.717, 1.165) is 176 Å². The van der Waals surface area contributed by atoms with Crippen molar-refractivity contribution in [1.82, 2.24) is 59.8 Å². The number of aromatic hydroxyl groups is 8. The van der Waals surface area contributed by atoms with Crippen LogP contribution in [0.3, 0.4) is 0 Å². The standard InChI is InChI=1S/C31H27N3O3.2C29H27N3O3.C26H21N3O3/c1-2-3-4-5-17-37-31-33-29(32-30(34-31)25-16-13-22(35)18-26(25)36)24-15-12-21-10-9-19-7-6-8-20-11-14-23(24)28(21)27(19)20;1-2-3-4-9-16-35-29-31-27(24-15-14-21(33)18-25(24)34)30-28(32-29)26-22-12-7-5-10-19(22)17-20-11-6-8-13-23(20)26;1-2-3-4-9-16-35-29-31-27(24-15-14-20(33)18-26(24)34)30-28(32-29)25-17-19-10-5-6-11-21(19)22-12-7-8-13-23(22)25;1-2-11-32-26-28-24(27-25(29-26)22-10-9-21(30)15-23(22)31)19-8-7-18-12-16-5-3-4-6-17(16)13-20(18)14-19/h6-16,18,35-36H,2-5,17H2,1H3;2*5-8,10-15,17-18,33-34H,2-4,9,16H2,1H3;3-10,12-15,30-31H,2,11H2,1H3. The fourth-order valence-corrected chi connectivity index (χ4v) is 17.3. The summed E-state index contributed by atoms with van der Waals surface area (Å²) in [5.41, 5.74) is 5.00. The van der Waals surface area contributed by atoms with Crippen LogP contribution in [0.1, 0.15) is 111 Å². The van der Waals surface area contributed by atoms with Gasteiger partial charge < -0.3 is 59.8 Å². The molecule has 0 radical (unpaired) electrons. The minimum Gasteiger partial charge on any atom is -0.508 e. The molecule has 0 bridgehead atoms. The Kier molecular flexibility index (Phi) is 28.4. The van der Waals surface area contributed by atoms with Gasteiger partial charge >= 0.3 is 24.0 Å². The number of benzene rings is 17. The molecule has 0 aliphatic heterocycles. The smallest absolute Gasteiger partial charge is 0.320 e. The first-order chi connectivity index (χ1) is 68.0. The van der Waals surface area contributed by atoms with Gasteiger partial charge in [0.15, 0.2) is 46.6 Å². The van der Waals surface area contributed by atoms with Crippen molar-refractivity contribution in [2.45, 2.75) is 111 Å². The van der Waals surface area contributed by atoms with Gasteiger partial charge in [-0.05, 0) is 208 Å². The Hall–Kier alpha value is -17.0. The molecule has 17 aromatic carbocycles. The van der Waals surface area contributed by atoms with Crippen molar-refractivity contribution in [1.29, 1.82) is 0 Å². The first-order valence-electron chi connectivity index (χ1n) is 47.1. The van der Waals surface area contributed by atoms with E-state index in [-0.39, 0.29) is 93.3 Å². The lowest BCUT2D eigenvalue weighted by Gasteiger charge is -2.14. The van der Waals surface area contributed by atoms with Crippen LogP contribution in [0.15, 0.2) is 291 Å². The molecule has 21 aromatic rings. The van der Waals surface area contributed by atoms with Gasteiger partial charge in [0.25, 0.3) is 0 Å². The predicted molar refractivity (Wildman–Crippen MR) is 550 cm³/mol. The molecule has 0 atom stereocenters. The molecule has 0 spiro atoms.